The average molecular weight is 244 g/mol. The van der Waals surface area contributed by atoms with Crippen LogP contribution in [0.4, 0.5) is 0 Å². The lowest BCUT2D eigenvalue weighted by atomic mass is 9.68. The molecule has 0 aliphatic heterocycles. The standard InChI is InChI=1S/C17H24O/c1-17(2,3)16-9-7-14(8-10-16)15-6-4-5-13(11-15)12-18/h4-6,11-12,14,16H,7-10H2,1-3H3. The lowest BCUT2D eigenvalue weighted by Gasteiger charge is -2.37. The Labute approximate surface area is 111 Å². The first-order valence-electron chi connectivity index (χ1n) is 7.06. The molecule has 0 radical (unpaired) electrons. The Morgan fingerprint density at radius 3 is 2.33 bits per heavy atom. The molecule has 0 bridgehead atoms. The Bertz CT molecular complexity index is 406. The highest BCUT2D eigenvalue weighted by Crippen LogP contribution is 2.43. The third kappa shape index (κ3) is 3.01. The van der Waals surface area contributed by atoms with E-state index >= 15 is 0 Å². The van der Waals surface area contributed by atoms with E-state index in [-0.39, 0.29) is 0 Å². The molecule has 1 aliphatic rings. The van der Waals surface area contributed by atoms with Crippen LogP contribution in [0.1, 0.15) is 68.3 Å². The van der Waals surface area contributed by atoms with Gasteiger partial charge in [0.2, 0.25) is 0 Å². The van der Waals surface area contributed by atoms with Crippen LogP contribution in [0.5, 0.6) is 0 Å². The minimum atomic E-state index is 0.440. The zero-order valence-electron chi connectivity index (χ0n) is 11.8. The minimum Gasteiger partial charge on any atom is -0.298 e. The molecule has 0 N–H and O–H groups in total. The first kappa shape index (κ1) is 13.3. The number of hydrogen-bond donors (Lipinski definition) is 0. The smallest absolute Gasteiger partial charge is 0.150 e. The van der Waals surface area contributed by atoms with Crippen LogP contribution in [0.25, 0.3) is 0 Å². The van der Waals surface area contributed by atoms with Crippen molar-refractivity contribution in [1.82, 2.24) is 0 Å². The van der Waals surface area contributed by atoms with Crippen LogP contribution in [0, 0.1) is 11.3 Å². The van der Waals surface area contributed by atoms with Gasteiger partial charge in [0.15, 0.2) is 0 Å². The van der Waals surface area contributed by atoms with Crippen molar-refractivity contribution < 1.29 is 4.79 Å². The molecule has 0 aromatic heterocycles. The number of benzene rings is 1. The summed E-state index contributed by atoms with van der Waals surface area (Å²) in [6.45, 7) is 7.06. The van der Waals surface area contributed by atoms with Gasteiger partial charge < -0.3 is 0 Å². The number of aldehydes is 1. The fourth-order valence-electron chi connectivity index (χ4n) is 3.18. The SMILES string of the molecule is CC(C)(C)C1CCC(c2cccc(C=O)c2)CC1. The van der Waals surface area contributed by atoms with E-state index in [1.807, 2.05) is 12.1 Å². The molecule has 1 aliphatic carbocycles. The summed E-state index contributed by atoms with van der Waals surface area (Å²) < 4.78 is 0. The van der Waals surface area contributed by atoms with Gasteiger partial charge in [-0.15, -0.1) is 0 Å². The summed E-state index contributed by atoms with van der Waals surface area (Å²) in [5.41, 5.74) is 2.60. The highest BCUT2D eigenvalue weighted by Gasteiger charge is 2.30. The monoisotopic (exact) mass is 244 g/mol. The molecule has 0 amide bonds. The maximum atomic E-state index is 10.8. The third-order valence-electron chi connectivity index (χ3n) is 4.47. The number of carbonyl (C=O) groups is 1. The van der Waals surface area contributed by atoms with E-state index in [4.69, 9.17) is 0 Å². The van der Waals surface area contributed by atoms with Crippen molar-refractivity contribution in [2.75, 3.05) is 0 Å². The first-order valence-corrected chi connectivity index (χ1v) is 7.06. The molecule has 2 rings (SSSR count). The Morgan fingerprint density at radius 2 is 1.78 bits per heavy atom. The van der Waals surface area contributed by atoms with Gasteiger partial charge in [0.25, 0.3) is 0 Å². The summed E-state index contributed by atoms with van der Waals surface area (Å²) in [6.07, 6.45) is 6.12. The predicted octanol–water partition coefficient (Wildman–Crippen LogP) is 4.82. The van der Waals surface area contributed by atoms with Gasteiger partial charge in [-0.25, -0.2) is 0 Å². The van der Waals surface area contributed by atoms with Gasteiger partial charge in [0, 0.05) is 5.56 Å². The van der Waals surface area contributed by atoms with E-state index < -0.39 is 0 Å². The quantitative estimate of drug-likeness (QED) is 0.682. The van der Waals surface area contributed by atoms with Crippen molar-refractivity contribution in [3.05, 3.63) is 35.4 Å². The summed E-state index contributed by atoms with van der Waals surface area (Å²) in [4.78, 5) is 10.8. The van der Waals surface area contributed by atoms with Crippen LogP contribution in [-0.2, 0) is 0 Å². The van der Waals surface area contributed by atoms with E-state index in [9.17, 15) is 4.79 Å². The molecule has 1 fully saturated rings. The molecule has 0 atom stereocenters. The van der Waals surface area contributed by atoms with Crippen molar-refractivity contribution >= 4 is 6.29 Å². The maximum Gasteiger partial charge on any atom is 0.150 e. The Hall–Kier alpha value is -1.11. The summed E-state index contributed by atoms with van der Waals surface area (Å²) >= 11 is 0. The van der Waals surface area contributed by atoms with Crippen molar-refractivity contribution in [3.63, 3.8) is 0 Å². The third-order valence-corrected chi connectivity index (χ3v) is 4.47. The van der Waals surface area contributed by atoms with E-state index in [0.29, 0.717) is 11.3 Å². The van der Waals surface area contributed by atoms with Gasteiger partial charge >= 0.3 is 0 Å². The summed E-state index contributed by atoms with van der Waals surface area (Å²) in [6, 6.07) is 8.14. The van der Waals surface area contributed by atoms with Crippen molar-refractivity contribution in [2.45, 2.75) is 52.4 Å². The predicted molar refractivity (Wildman–Crippen MR) is 76.0 cm³/mol. The largest absolute Gasteiger partial charge is 0.298 e. The van der Waals surface area contributed by atoms with Gasteiger partial charge in [-0.05, 0) is 54.6 Å². The number of rotatable bonds is 2. The van der Waals surface area contributed by atoms with Crippen LogP contribution in [-0.4, -0.2) is 6.29 Å². The first-order chi connectivity index (χ1) is 8.50. The zero-order valence-corrected chi connectivity index (χ0v) is 11.8. The van der Waals surface area contributed by atoms with Gasteiger partial charge in [-0.3, -0.25) is 4.79 Å². The molecule has 18 heavy (non-hydrogen) atoms. The molecule has 0 unspecified atom stereocenters. The lowest BCUT2D eigenvalue weighted by molar-refractivity contribution is 0.112. The van der Waals surface area contributed by atoms with Crippen LogP contribution in [0.3, 0.4) is 0 Å². The minimum absolute atomic E-state index is 0.440. The van der Waals surface area contributed by atoms with Crippen LogP contribution < -0.4 is 0 Å². The fraction of sp³-hybridized carbons (Fsp3) is 0.588. The zero-order chi connectivity index (χ0) is 13.2. The molecule has 1 nitrogen and oxygen atoms in total. The molecule has 98 valence electrons. The fourth-order valence-corrected chi connectivity index (χ4v) is 3.18. The summed E-state index contributed by atoms with van der Waals surface area (Å²) in [5.74, 6) is 1.51. The molecule has 0 heterocycles. The van der Waals surface area contributed by atoms with Gasteiger partial charge in [-0.1, -0.05) is 39.0 Å². The molecular weight excluding hydrogens is 220 g/mol. The van der Waals surface area contributed by atoms with Gasteiger partial charge in [0.1, 0.15) is 6.29 Å². The highest BCUT2D eigenvalue weighted by molar-refractivity contribution is 5.75. The normalized spacial score (nSPS) is 24.8. The van der Waals surface area contributed by atoms with E-state index in [0.717, 1.165) is 17.8 Å². The second-order valence-corrected chi connectivity index (χ2v) is 6.70. The van der Waals surface area contributed by atoms with Gasteiger partial charge in [-0.2, -0.15) is 0 Å². The summed E-state index contributed by atoms with van der Waals surface area (Å²) in [5, 5.41) is 0. The van der Waals surface area contributed by atoms with Crippen molar-refractivity contribution in [2.24, 2.45) is 11.3 Å². The van der Waals surface area contributed by atoms with Gasteiger partial charge in [0.05, 0.1) is 0 Å². The van der Waals surface area contributed by atoms with E-state index in [1.165, 1.54) is 31.2 Å². The molecule has 0 saturated heterocycles. The molecule has 0 spiro atoms. The molecule has 1 aromatic carbocycles. The molecule has 1 saturated carbocycles. The second kappa shape index (κ2) is 5.26. The Morgan fingerprint density at radius 1 is 1.11 bits per heavy atom. The van der Waals surface area contributed by atoms with Crippen molar-refractivity contribution in [3.8, 4) is 0 Å². The highest BCUT2D eigenvalue weighted by atomic mass is 16.1. The van der Waals surface area contributed by atoms with Crippen LogP contribution in [0.2, 0.25) is 0 Å². The number of hydrogen-bond acceptors (Lipinski definition) is 1. The average Bonchev–Trinajstić information content (AvgIpc) is 2.38. The molecule has 1 heteroatoms. The Kier molecular flexibility index (Phi) is 3.89. The molecule has 1 aromatic rings. The van der Waals surface area contributed by atoms with E-state index in [1.54, 1.807) is 0 Å². The maximum absolute atomic E-state index is 10.8. The number of carbonyl (C=O) groups excluding carboxylic acids is 1. The molecular formula is C17H24O. The lowest BCUT2D eigenvalue weighted by Crippen LogP contribution is -2.25. The summed E-state index contributed by atoms with van der Waals surface area (Å²) in [7, 11) is 0. The van der Waals surface area contributed by atoms with Crippen LogP contribution in [0.15, 0.2) is 24.3 Å². The van der Waals surface area contributed by atoms with Crippen LogP contribution >= 0.6 is 0 Å². The Balaban J connectivity index is 2.03. The second-order valence-electron chi connectivity index (χ2n) is 6.70. The van der Waals surface area contributed by atoms with E-state index in [2.05, 4.69) is 32.9 Å². The van der Waals surface area contributed by atoms with Crippen molar-refractivity contribution in [1.29, 1.82) is 0 Å². The topological polar surface area (TPSA) is 17.1 Å².